The third-order valence-electron chi connectivity index (χ3n) is 3.16. The summed E-state index contributed by atoms with van der Waals surface area (Å²) >= 11 is 0. The molecule has 0 saturated carbocycles. The van der Waals surface area contributed by atoms with Crippen molar-refractivity contribution in [3.63, 3.8) is 0 Å². The molecule has 6 heteroatoms. The topological polar surface area (TPSA) is 56.9 Å². The second kappa shape index (κ2) is 6.94. The van der Waals surface area contributed by atoms with Gasteiger partial charge in [0.2, 0.25) is 0 Å². The lowest BCUT2D eigenvalue weighted by atomic mass is 10.3. The highest BCUT2D eigenvalue weighted by Crippen LogP contribution is 2.07. The Balaban J connectivity index is 1.79. The van der Waals surface area contributed by atoms with Gasteiger partial charge in [0.25, 0.3) is 0 Å². The van der Waals surface area contributed by atoms with Crippen LogP contribution in [-0.4, -0.2) is 60.7 Å². The molecular weight excluding hydrogens is 242 g/mol. The number of aromatic nitrogens is 1. The molecule has 1 aromatic heterocycles. The molecule has 0 atom stereocenters. The van der Waals surface area contributed by atoms with E-state index in [1.807, 2.05) is 19.2 Å². The number of nitrogens with one attached hydrogen (secondary N) is 1. The van der Waals surface area contributed by atoms with E-state index in [1.54, 1.807) is 6.26 Å². The summed E-state index contributed by atoms with van der Waals surface area (Å²) in [6.07, 6.45) is 3.46. The number of rotatable bonds is 4. The minimum atomic E-state index is 0.742. The van der Waals surface area contributed by atoms with Crippen LogP contribution in [0.4, 0.5) is 0 Å². The predicted molar refractivity (Wildman–Crippen MR) is 74.9 cm³/mol. The van der Waals surface area contributed by atoms with Gasteiger partial charge in [0.05, 0.1) is 5.69 Å². The molecule has 19 heavy (non-hydrogen) atoms. The Hall–Kier alpha value is -1.82. The molecule has 1 aliphatic heterocycles. The molecule has 0 amide bonds. The van der Waals surface area contributed by atoms with Crippen LogP contribution in [0.5, 0.6) is 0 Å². The van der Waals surface area contributed by atoms with E-state index >= 15 is 0 Å². The van der Waals surface area contributed by atoms with Gasteiger partial charge in [-0.25, -0.2) is 0 Å². The average Bonchev–Trinajstić information content (AvgIpc) is 2.94. The van der Waals surface area contributed by atoms with E-state index in [4.69, 9.17) is 4.52 Å². The smallest absolute Gasteiger partial charge is 0.193 e. The molecule has 0 aliphatic carbocycles. The largest absolute Gasteiger partial charge is 0.364 e. The summed E-state index contributed by atoms with van der Waals surface area (Å²) < 4.78 is 4.85. The van der Waals surface area contributed by atoms with Crippen LogP contribution in [0.2, 0.25) is 0 Å². The molecule has 0 unspecified atom stereocenters. The van der Waals surface area contributed by atoms with Crippen LogP contribution in [0, 0.1) is 0 Å². The number of aliphatic imine (C=N–C) groups is 1. The Kier molecular flexibility index (Phi) is 4.97. The zero-order valence-electron chi connectivity index (χ0n) is 11.4. The van der Waals surface area contributed by atoms with E-state index in [0.29, 0.717) is 0 Å². The number of hydrogen-bond donors (Lipinski definition) is 1. The fourth-order valence-corrected chi connectivity index (χ4v) is 2.16. The Morgan fingerprint density at radius 3 is 2.89 bits per heavy atom. The van der Waals surface area contributed by atoms with Crippen molar-refractivity contribution in [1.82, 2.24) is 20.3 Å². The Morgan fingerprint density at radius 1 is 1.53 bits per heavy atom. The summed E-state index contributed by atoms with van der Waals surface area (Å²) in [6.45, 7) is 9.24. The second-order valence-corrected chi connectivity index (χ2v) is 4.47. The van der Waals surface area contributed by atoms with Crippen LogP contribution >= 0.6 is 0 Å². The zero-order chi connectivity index (χ0) is 13.5. The molecule has 1 N–H and O–H groups in total. The van der Waals surface area contributed by atoms with Crippen molar-refractivity contribution in [2.45, 2.75) is 6.54 Å². The molecule has 1 aromatic rings. The van der Waals surface area contributed by atoms with E-state index in [0.717, 1.165) is 50.9 Å². The van der Waals surface area contributed by atoms with Crippen LogP contribution in [-0.2, 0) is 6.54 Å². The fourth-order valence-electron chi connectivity index (χ4n) is 2.16. The molecular formula is C13H21N5O. The lowest BCUT2D eigenvalue weighted by molar-refractivity contribution is 0.169. The highest BCUT2D eigenvalue weighted by molar-refractivity contribution is 5.80. The van der Waals surface area contributed by atoms with Gasteiger partial charge in [-0.1, -0.05) is 11.2 Å². The Bertz CT molecular complexity index is 407. The highest BCUT2D eigenvalue weighted by atomic mass is 16.5. The number of guanidine groups is 1. The Labute approximate surface area is 113 Å². The maximum Gasteiger partial charge on any atom is 0.193 e. The third-order valence-corrected chi connectivity index (χ3v) is 3.16. The van der Waals surface area contributed by atoms with E-state index in [1.165, 1.54) is 0 Å². The summed E-state index contributed by atoms with van der Waals surface area (Å²) in [6, 6.07) is 1.91. The number of nitrogens with zero attached hydrogens (tertiary/aromatic N) is 4. The van der Waals surface area contributed by atoms with Gasteiger partial charge in [-0.05, 0) is 0 Å². The van der Waals surface area contributed by atoms with Crippen LogP contribution in [0.3, 0.4) is 0 Å². The quantitative estimate of drug-likeness (QED) is 0.488. The van der Waals surface area contributed by atoms with Gasteiger partial charge in [0.1, 0.15) is 6.26 Å². The van der Waals surface area contributed by atoms with Crippen molar-refractivity contribution in [3.8, 4) is 0 Å². The maximum atomic E-state index is 4.85. The van der Waals surface area contributed by atoms with Crippen LogP contribution in [0.25, 0.3) is 0 Å². The predicted octanol–water partition coefficient (Wildman–Crippen LogP) is 0.554. The van der Waals surface area contributed by atoms with Crippen molar-refractivity contribution >= 4 is 5.96 Å². The molecule has 1 aliphatic rings. The monoisotopic (exact) mass is 263 g/mol. The van der Waals surface area contributed by atoms with Crippen molar-refractivity contribution in [2.24, 2.45) is 4.99 Å². The zero-order valence-corrected chi connectivity index (χ0v) is 11.4. The summed E-state index contributed by atoms with van der Waals surface area (Å²) in [7, 11) is 1.81. The molecule has 1 saturated heterocycles. The summed E-state index contributed by atoms with van der Waals surface area (Å²) in [5, 5.41) is 7.20. The van der Waals surface area contributed by atoms with E-state index in [2.05, 4.69) is 31.8 Å². The summed E-state index contributed by atoms with van der Waals surface area (Å²) in [5.74, 6) is 0.945. The van der Waals surface area contributed by atoms with E-state index < -0.39 is 0 Å². The first-order valence-electron chi connectivity index (χ1n) is 6.51. The van der Waals surface area contributed by atoms with Crippen molar-refractivity contribution < 1.29 is 4.52 Å². The second-order valence-electron chi connectivity index (χ2n) is 4.47. The van der Waals surface area contributed by atoms with Gasteiger partial charge in [-0.3, -0.25) is 9.89 Å². The van der Waals surface area contributed by atoms with Crippen LogP contribution < -0.4 is 5.32 Å². The van der Waals surface area contributed by atoms with Gasteiger partial charge in [0.15, 0.2) is 5.96 Å². The van der Waals surface area contributed by atoms with Gasteiger partial charge in [0, 0.05) is 52.4 Å². The van der Waals surface area contributed by atoms with Crippen LogP contribution in [0.1, 0.15) is 5.69 Å². The van der Waals surface area contributed by atoms with Crippen molar-refractivity contribution in [3.05, 3.63) is 30.7 Å². The molecule has 0 aromatic carbocycles. The van der Waals surface area contributed by atoms with Crippen LogP contribution in [0.15, 0.2) is 34.5 Å². The number of piperazine rings is 1. The molecule has 2 rings (SSSR count). The molecule has 6 nitrogen and oxygen atoms in total. The number of hydrogen-bond acceptors (Lipinski definition) is 4. The summed E-state index contributed by atoms with van der Waals surface area (Å²) in [4.78, 5) is 8.92. The van der Waals surface area contributed by atoms with Gasteiger partial charge >= 0.3 is 0 Å². The van der Waals surface area contributed by atoms with Gasteiger partial charge in [-0.15, -0.1) is 6.58 Å². The third kappa shape index (κ3) is 3.82. The normalized spacial score (nSPS) is 17.5. The van der Waals surface area contributed by atoms with Gasteiger partial charge in [-0.2, -0.15) is 0 Å². The van der Waals surface area contributed by atoms with E-state index in [-0.39, 0.29) is 0 Å². The highest BCUT2D eigenvalue weighted by Gasteiger charge is 2.19. The first kappa shape index (κ1) is 13.6. The fraction of sp³-hybridized carbons (Fsp3) is 0.538. The lowest BCUT2D eigenvalue weighted by Gasteiger charge is -2.36. The average molecular weight is 263 g/mol. The SMILES string of the molecule is C=CCNC(=NC)N1CCN(Cc2ccon2)CC1. The molecule has 104 valence electrons. The van der Waals surface area contributed by atoms with Gasteiger partial charge < -0.3 is 14.7 Å². The van der Waals surface area contributed by atoms with Crippen molar-refractivity contribution in [2.75, 3.05) is 39.8 Å². The lowest BCUT2D eigenvalue weighted by Crippen LogP contribution is -2.52. The first-order chi connectivity index (χ1) is 9.33. The Morgan fingerprint density at radius 2 is 2.32 bits per heavy atom. The molecule has 0 spiro atoms. The first-order valence-corrected chi connectivity index (χ1v) is 6.51. The maximum absolute atomic E-state index is 4.85. The minimum Gasteiger partial charge on any atom is -0.364 e. The summed E-state index contributed by atoms with van der Waals surface area (Å²) in [5.41, 5.74) is 0.989. The molecule has 1 fully saturated rings. The van der Waals surface area contributed by atoms with Crippen molar-refractivity contribution in [1.29, 1.82) is 0 Å². The standard InChI is InChI=1S/C13H21N5O/c1-3-5-15-13(14-2)18-8-6-17(7-9-18)11-12-4-10-19-16-12/h3-4,10H,1,5-9,11H2,2H3,(H,14,15). The minimum absolute atomic E-state index is 0.742. The molecule has 0 radical (unpaired) electrons. The van der Waals surface area contributed by atoms with E-state index in [9.17, 15) is 0 Å². The molecule has 0 bridgehead atoms. The molecule has 2 heterocycles.